The summed E-state index contributed by atoms with van der Waals surface area (Å²) in [5.74, 6) is -0.581. The number of hydrogen-bond donors (Lipinski definition) is 1. The predicted molar refractivity (Wildman–Crippen MR) is 122 cm³/mol. The summed E-state index contributed by atoms with van der Waals surface area (Å²) in [5.41, 5.74) is 0.334. The van der Waals surface area contributed by atoms with Gasteiger partial charge in [-0.25, -0.2) is 4.79 Å². The zero-order valence-corrected chi connectivity index (χ0v) is 18.5. The first-order chi connectivity index (χ1) is 13.3. The highest BCUT2D eigenvalue weighted by Crippen LogP contribution is 2.43. The van der Waals surface area contributed by atoms with Gasteiger partial charge in [0.2, 0.25) is 0 Å². The highest BCUT2D eigenvalue weighted by Gasteiger charge is 2.49. The SMILES string of the molecule is CC(C)N(C(=S)c1ccc(Cl)cc1Cl)C1(C(=O)O)C=C(c2ccccc2)SC1. The Kier molecular flexibility index (Phi) is 6.40. The largest absolute Gasteiger partial charge is 0.479 e. The molecule has 1 heterocycles. The van der Waals surface area contributed by atoms with Gasteiger partial charge in [-0.1, -0.05) is 65.8 Å². The monoisotopic (exact) mass is 451 g/mol. The molecule has 0 spiro atoms. The Balaban J connectivity index is 2.09. The van der Waals surface area contributed by atoms with Crippen LogP contribution in [0.2, 0.25) is 10.0 Å². The number of benzene rings is 2. The topological polar surface area (TPSA) is 40.5 Å². The van der Waals surface area contributed by atoms with E-state index >= 15 is 0 Å². The standard InChI is InChI=1S/C21H19Cl2NO2S2/c1-13(2)24(19(27)16-9-8-15(22)10-17(16)23)21(20(25)26)11-18(28-12-21)14-6-4-3-5-7-14/h3-11,13H,12H2,1-2H3,(H,25,26). The highest BCUT2D eigenvalue weighted by molar-refractivity contribution is 8.08. The highest BCUT2D eigenvalue weighted by atomic mass is 35.5. The molecule has 28 heavy (non-hydrogen) atoms. The maximum atomic E-state index is 12.5. The van der Waals surface area contributed by atoms with Crippen LogP contribution in [-0.2, 0) is 4.79 Å². The Morgan fingerprint density at radius 1 is 1.21 bits per heavy atom. The molecular formula is C21H19Cl2NO2S2. The minimum absolute atomic E-state index is 0.151. The summed E-state index contributed by atoms with van der Waals surface area (Å²) in [5, 5.41) is 11.2. The number of carbonyl (C=O) groups is 1. The minimum Gasteiger partial charge on any atom is -0.479 e. The molecule has 0 aliphatic carbocycles. The van der Waals surface area contributed by atoms with E-state index < -0.39 is 11.5 Å². The van der Waals surface area contributed by atoms with Gasteiger partial charge in [-0.15, -0.1) is 11.8 Å². The lowest BCUT2D eigenvalue weighted by molar-refractivity contribution is -0.145. The molecule has 1 aliphatic rings. The van der Waals surface area contributed by atoms with Crippen LogP contribution < -0.4 is 0 Å². The Hall–Kier alpha value is -1.53. The second kappa shape index (κ2) is 8.46. The molecule has 3 rings (SSSR count). The fourth-order valence-corrected chi connectivity index (χ4v) is 5.70. The molecule has 0 amide bonds. The van der Waals surface area contributed by atoms with Gasteiger partial charge in [0.25, 0.3) is 0 Å². The summed E-state index contributed by atoms with van der Waals surface area (Å²) in [6.45, 7) is 3.86. The molecule has 7 heteroatoms. The van der Waals surface area contributed by atoms with Crippen LogP contribution in [0.15, 0.2) is 54.6 Å². The van der Waals surface area contributed by atoms with E-state index in [2.05, 4.69) is 0 Å². The first kappa shape index (κ1) is 21.2. The van der Waals surface area contributed by atoms with Crippen molar-refractivity contribution in [1.29, 1.82) is 0 Å². The van der Waals surface area contributed by atoms with Gasteiger partial charge >= 0.3 is 5.97 Å². The lowest BCUT2D eigenvalue weighted by Gasteiger charge is -2.41. The Morgan fingerprint density at radius 3 is 2.46 bits per heavy atom. The molecule has 1 aliphatic heterocycles. The number of rotatable bonds is 5. The van der Waals surface area contributed by atoms with Crippen LogP contribution in [0.3, 0.4) is 0 Å². The molecule has 146 valence electrons. The van der Waals surface area contributed by atoms with Crippen molar-refractivity contribution in [2.45, 2.75) is 25.4 Å². The molecule has 0 fully saturated rings. The maximum Gasteiger partial charge on any atom is 0.334 e. The number of aliphatic carboxylic acids is 1. The van der Waals surface area contributed by atoms with E-state index in [9.17, 15) is 9.90 Å². The zero-order valence-electron chi connectivity index (χ0n) is 15.4. The van der Waals surface area contributed by atoms with Crippen molar-refractivity contribution >= 4 is 63.0 Å². The molecular weight excluding hydrogens is 433 g/mol. The van der Waals surface area contributed by atoms with E-state index in [-0.39, 0.29) is 6.04 Å². The van der Waals surface area contributed by atoms with E-state index in [1.165, 1.54) is 11.8 Å². The molecule has 1 atom stereocenters. The first-order valence-electron chi connectivity index (χ1n) is 8.69. The number of carboxylic acid groups (broad SMARTS) is 1. The van der Waals surface area contributed by atoms with Crippen LogP contribution >= 0.6 is 47.2 Å². The Bertz CT molecular complexity index is 947. The minimum atomic E-state index is -1.26. The number of hydrogen-bond acceptors (Lipinski definition) is 3. The predicted octanol–water partition coefficient (Wildman–Crippen LogP) is 5.99. The molecule has 0 saturated heterocycles. The Labute approximate surface area is 184 Å². The molecule has 0 saturated carbocycles. The molecule has 0 bridgehead atoms. The number of thioether (sulfide) groups is 1. The van der Waals surface area contributed by atoms with E-state index in [0.717, 1.165) is 10.5 Å². The second-order valence-corrected chi connectivity index (χ2v) is 9.03. The van der Waals surface area contributed by atoms with Crippen LogP contribution in [0.4, 0.5) is 0 Å². The lowest BCUT2D eigenvalue weighted by atomic mass is 9.95. The van der Waals surface area contributed by atoms with Gasteiger partial charge in [-0.2, -0.15) is 0 Å². The molecule has 1 N–H and O–H groups in total. The Morgan fingerprint density at radius 2 is 1.89 bits per heavy atom. The fourth-order valence-electron chi connectivity index (χ4n) is 3.29. The van der Waals surface area contributed by atoms with Crippen molar-refractivity contribution in [3.63, 3.8) is 0 Å². The quantitative estimate of drug-likeness (QED) is 0.565. The summed E-state index contributed by atoms with van der Waals surface area (Å²) in [4.78, 5) is 15.6. The summed E-state index contributed by atoms with van der Waals surface area (Å²) in [6, 6.07) is 14.7. The van der Waals surface area contributed by atoms with Crippen molar-refractivity contribution in [3.8, 4) is 0 Å². The van der Waals surface area contributed by atoms with Gasteiger partial charge in [-0.05, 0) is 43.7 Å². The van der Waals surface area contributed by atoms with Gasteiger partial charge in [0.15, 0.2) is 5.54 Å². The van der Waals surface area contributed by atoms with Crippen LogP contribution in [0.5, 0.6) is 0 Å². The number of carboxylic acids is 1. The van der Waals surface area contributed by atoms with Gasteiger partial charge in [0.05, 0.1) is 5.02 Å². The van der Waals surface area contributed by atoms with E-state index in [1.54, 1.807) is 23.1 Å². The second-order valence-electron chi connectivity index (χ2n) is 6.79. The van der Waals surface area contributed by atoms with E-state index in [0.29, 0.717) is 26.4 Å². The fraction of sp³-hybridized carbons (Fsp3) is 0.238. The van der Waals surface area contributed by atoms with Gasteiger partial charge < -0.3 is 10.0 Å². The average Bonchev–Trinajstić information content (AvgIpc) is 3.08. The van der Waals surface area contributed by atoms with Crippen molar-refractivity contribution in [2.24, 2.45) is 0 Å². The molecule has 2 aromatic rings. The third-order valence-electron chi connectivity index (χ3n) is 4.57. The molecule has 3 nitrogen and oxygen atoms in total. The molecule has 0 aromatic heterocycles. The molecule has 0 radical (unpaired) electrons. The van der Waals surface area contributed by atoms with Crippen LogP contribution in [0, 0.1) is 0 Å². The van der Waals surface area contributed by atoms with Crippen LogP contribution in [0.25, 0.3) is 4.91 Å². The third kappa shape index (κ3) is 3.94. The third-order valence-corrected chi connectivity index (χ3v) is 6.79. The van der Waals surface area contributed by atoms with Crippen molar-refractivity contribution in [2.75, 3.05) is 5.75 Å². The summed E-state index contributed by atoms with van der Waals surface area (Å²) in [6.07, 6.45) is 1.81. The first-order valence-corrected chi connectivity index (χ1v) is 10.8. The number of thiocarbonyl (C=S) groups is 1. The summed E-state index contributed by atoms with van der Waals surface area (Å²) in [7, 11) is 0. The summed E-state index contributed by atoms with van der Waals surface area (Å²) >= 11 is 19.6. The van der Waals surface area contributed by atoms with Crippen molar-refractivity contribution in [3.05, 3.63) is 75.8 Å². The number of nitrogens with zero attached hydrogens (tertiary/aromatic N) is 1. The number of halogens is 2. The average molecular weight is 452 g/mol. The van der Waals surface area contributed by atoms with Crippen LogP contribution in [-0.4, -0.2) is 38.3 Å². The van der Waals surface area contributed by atoms with Gasteiger partial charge in [-0.3, -0.25) is 0 Å². The van der Waals surface area contributed by atoms with Gasteiger partial charge in [0.1, 0.15) is 4.99 Å². The zero-order chi connectivity index (χ0) is 20.5. The smallest absolute Gasteiger partial charge is 0.334 e. The van der Waals surface area contributed by atoms with E-state index in [4.69, 9.17) is 35.4 Å². The van der Waals surface area contributed by atoms with Crippen LogP contribution in [0.1, 0.15) is 25.0 Å². The summed E-state index contributed by atoms with van der Waals surface area (Å²) < 4.78 is 0. The molecule has 1 unspecified atom stereocenters. The lowest BCUT2D eigenvalue weighted by Crippen LogP contribution is -2.59. The molecule has 2 aromatic carbocycles. The van der Waals surface area contributed by atoms with E-state index in [1.807, 2.05) is 50.3 Å². The van der Waals surface area contributed by atoms with Gasteiger partial charge in [0, 0.05) is 27.3 Å². The normalized spacial score (nSPS) is 18.8. The maximum absolute atomic E-state index is 12.5. The van der Waals surface area contributed by atoms with Crippen molar-refractivity contribution in [1.82, 2.24) is 4.90 Å². The van der Waals surface area contributed by atoms with Crippen molar-refractivity contribution < 1.29 is 9.90 Å².